The van der Waals surface area contributed by atoms with Crippen molar-refractivity contribution in [2.45, 2.75) is 32.1 Å². The summed E-state index contributed by atoms with van der Waals surface area (Å²) in [6.07, 6.45) is 7.82. The molecule has 0 aromatic carbocycles. The summed E-state index contributed by atoms with van der Waals surface area (Å²) in [5, 5.41) is 16.1. The zero-order valence-corrected chi connectivity index (χ0v) is 10.6. The Balaban J connectivity index is 1.83. The fourth-order valence-corrected chi connectivity index (χ4v) is 2.46. The molecule has 1 amide bonds. The van der Waals surface area contributed by atoms with Crippen LogP contribution in [0.5, 0.6) is 0 Å². The molecule has 18 heavy (non-hydrogen) atoms. The van der Waals surface area contributed by atoms with Crippen molar-refractivity contribution in [3.8, 4) is 6.07 Å². The van der Waals surface area contributed by atoms with Crippen molar-refractivity contribution in [2.75, 3.05) is 6.54 Å². The average Bonchev–Trinajstić information content (AvgIpc) is 2.99. The number of carbonyl (C=O) groups is 1. The maximum Gasteiger partial charge on any atom is 0.240 e. The van der Waals surface area contributed by atoms with Crippen molar-refractivity contribution in [1.82, 2.24) is 15.1 Å². The van der Waals surface area contributed by atoms with Crippen molar-refractivity contribution in [3.05, 3.63) is 18.0 Å². The molecule has 1 fully saturated rings. The first-order valence-corrected chi connectivity index (χ1v) is 6.33. The van der Waals surface area contributed by atoms with Crippen LogP contribution in [0.3, 0.4) is 0 Å². The highest BCUT2D eigenvalue weighted by Crippen LogP contribution is 2.37. The molecule has 1 aromatic rings. The van der Waals surface area contributed by atoms with Crippen LogP contribution < -0.4 is 5.32 Å². The van der Waals surface area contributed by atoms with Gasteiger partial charge in [-0.2, -0.15) is 10.4 Å². The van der Waals surface area contributed by atoms with Crippen LogP contribution in [-0.4, -0.2) is 22.2 Å². The zero-order valence-electron chi connectivity index (χ0n) is 10.6. The van der Waals surface area contributed by atoms with Crippen molar-refractivity contribution in [1.29, 1.82) is 5.26 Å². The van der Waals surface area contributed by atoms with Crippen LogP contribution in [0.4, 0.5) is 0 Å². The molecule has 0 spiro atoms. The van der Waals surface area contributed by atoms with E-state index in [-0.39, 0.29) is 5.91 Å². The van der Waals surface area contributed by atoms with E-state index in [2.05, 4.69) is 16.5 Å². The first kappa shape index (κ1) is 12.6. The molecule has 0 aliphatic heterocycles. The second kappa shape index (κ2) is 5.21. The molecule has 96 valence electrons. The highest BCUT2D eigenvalue weighted by atomic mass is 16.2. The summed E-state index contributed by atoms with van der Waals surface area (Å²) < 4.78 is 1.74. The first-order chi connectivity index (χ1) is 8.66. The number of rotatable bonds is 4. The molecule has 5 heteroatoms. The average molecular weight is 246 g/mol. The Morgan fingerprint density at radius 3 is 2.89 bits per heavy atom. The lowest BCUT2D eigenvalue weighted by molar-refractivity contribution is -0.127. The van der Waals surface area contributed by atoms with Gasteiger partial charge in [0.15, 0.2) is 0 Å². The first-order valence-electron chi connectivity index (χ1n) is 6.33. The molecule has 0 bridgehead atoms. The van der Waals surface area contributed by atoms with Crippen LogP contribution in [0.15, 0.2) is 12.4 Å². The fourth-order valence-electron chi connectivity index (χ4n) is 2.46. The van der Waals surface area contributed by atoms with Gasteiger partial charge in [0.1, 0.15) is 5.41 Å². The third-order valence-electron chi connectivity index (χ3n) is 3.56. The Morgan fingerprint density at radius 2 is 2.33 bits per heavy atom. The van der Waals surface area contributed by atoms with E-state index >= 15 is 0 Å². The molecule has 0 radical (unpaired) electrons. The maximum atomic E-state index is 12.0. The number of nitrogens with zero attached hydrogens (tertiary/aromatic N) is 3. The Hall–Kier alpha value is -1.83. The van der Waals surface area contributed by atoms with Gasteiger partial charge in [0.05, 0.1) is 12.3 Å². The Bertz CT molecular complexity index is 466. The van der Waals surface area contributed by atoms with Crippen molar-refractivity contribution >= 4 is 5.91 Å². The monoisotopic (exact) mass is 246 g/mol. The standard InChI is InChI=1S/C13H18N4O/c1-17-9-11(8-16-17)4-7-15-12(18)13(10-14)5-2-3-6-13/h8-9H,2-7H2,1H3,(H,15,18). The minimum atomic E-state index is -0.769. The Morgan fingerprint density at radius 1 is 1.61 bits per heavy atom. The lowest BCUT2D eigenvalue weighted by atomic mass is 9.87. The van der Waals surface area contributed by atoms with Crippen LogP contribution in [-0.2, 0) is 18.3 Å². The zero-order chi connectivity index (χ0) is 13.0. The van der Waals surface area contributed by atoms with Crippen LogP contribution in [0.1, 0.15) is 31.2 Å². The molecule has 5 nitrogen and oxygen atoms in total. The highest BCUT2D eigenvalue weighted by molar-refractivity contribution is 5.85. The van der Waals surface area contributed by atoms with Crippen molar-refractivity contribution < 1.29 is 4.79 Å². The predicted octanol–water partition coefficient (Wildman–Crippen LogP) is 1.16. The molecule has 1 aliphatic rings. The molecule has 0 atom stereocenters. The number of carbonyl (C=O) groups excluding carboxylic acids is 1. The molecule has 2 rings (SSSR count). The molecule has 1 aromatic heterocycles. The second-order valence-electron chi connectivity index (χ2n) is 4.93. The number of nitriles is 1. The van der Waals surface area contributed by atoms with Gasteiger partial charge in [-0.05, 0) is 24.8 Å². The van der Waals surface area contributed by atoms with Gasteiger partial charge in [-0.25, -0.2) is 0 Å². The summed E-state index contributed by atoms with van der Waals surface area (Å²) in [6, 6.07) is 2.20. The molecule has 1 aliphatic carbocycles. The largest absolute Gasteiger partial charge is 0.354 e. The van der Waals surface area contributed by atoms with Crippen LogP contribution in [0, 0.1) is 16.7 Å². The third-order valence-corrected chi connectivity index (χ3v) is 3.56. The number of aromatic nitrogens is 2. The Kier molecular flexibility index (Phi) is 3.66. The summed E-state index contributed by atoms with van der Waals surface area (Å²) in [6.45, 7) is 0.563. The number of aryl methyl sites for hydroxylation is 1. The van der Waals surface area contributed by atoms with E-state index < -0.39 is 5.41 Å². The van der Waals surface area contributed by atoms with Gasteiger partial charge in [0.25, 0.3) is 0 Å². The molecule has 1 saturated carbocycles. The normalized spacial score (nSPS) is 17.3. The molecular formula is C13H18N4O. The van der Waals surface area contributed by atoms with Crippen molar-refractivity contribution in [2.24, 2.45) is 12.5 Å². The molecule has 0 saturated heterocycles. The van der Waals surface area contributed by atoms with Gasteiger partial charge < -0.3 is 5.32 Å². The minimum Gasteiger partial charge on any atom is -0.354 e. The third kappa shape index (κ3) is 2.53. The molecule has 1 N–H and O–H groups in total. The highest BCUT2D eigenvalue weighted by Gasteiger charge is 2.41. The summed E-state index contributed by atoms with van der Waals surface area (Å²) in [7, 11) is 1.87. The van der Waals surface area contributed by atoms with Gasteiger partial charge in [-0.1, -0.05) is 12.8 Å². The SMILES string of the molecule is Cn1cc(CCNC(=O)C2(C#N)CCCC2)cn1. The number of amides is 1. The number of hydrogen-bond donors (Lipinski definition) is 1. The van der Waals surface area contributed by atoms with Crippen molar-refractivity contribution in [3.63, 3.8) is 0 Å². The Labute approximate surface area is 107 Å². The fraction of sp³-hybridized carbons (Fsp3) is 0.615. The van der Waals surface area contributed by atoms with Gasteiger partial charge >= 0.3 is 0 Å². The summed E-state index contributed by atoms with van der Waals surface area (Å²) >= 11 is 0. The van der Waals surface area contributed by atoms with E-state index in [0.717, 1.165) is 24.8 Å². The quantitative estimate of drug-likeness (QED) is 0.866. The topological polar surface area (TPSA) is 70.7 Å². The summed E-state index contributed by atoms with van der Waals surface area (Å²) in [5.74, 6) is -0.105. The van der Waals surface area contributed by atoms with E-state index in [0.29, 0.717) is 19.4 Å². The van der Waals surface area contributed by atoms with E-state index in [1.165, 1.54) is 0 Å². The van der Waals surface area contributed by atoms with Gasteiger partial charge in [-0.15, -0.1) is 0 Å². The molecular weight excluding hydrogens is 228 g/mol. The summed E-state index contributed by atoms with van der Waals surface area (Å²) in [5.41, 5.74) is 0.324. The van der Waals surface area contributed by atoms with Gasteiger partial charge in [0, 0.05) is 19.8 Å². The molecule has 1 heterocycles. The lowest BCUT2D eigenvalue weighted by Crippen LogP contribution is -2.39. The molecule has 0 unspecified atom stereocenters. The summed E-state index contributed by atoms with van der Waals surface area (Å²) in [4.78, 5) is 12.0. The van der Waals surface area contributed by atoms with E-state index in [4.69, 9.17) is 0 Å². The smallest absolute Gasteiger partial charge is 0.240 e. The predicted molar refractivity (Wildman–Crippen MR) is 66.4 cm³/mol. The number of hydrogen-bond acceptors (Lipinski definition) is 3. The maximum absolute atomic E-state index is 12.0. The van der Waals surface area contributed by atoms with E-state index in [1.807, 2.05) is 13.2 Å². The van der Waals surface area contributed by atoms with E-state index in [9.17, 15) is 10.1 Å². The lowest BCUT2D eigenvalue weighted by Gasteiger charge is -2.18. The van der Waals surface area contributed by atoms with Crippen LogP contribution in [0.2, 0.25) is 0 Å². The van der Waals surface area contributed by atoms with Crippen LogP contribution in [0.25, 0.3) is 0 Å². The van der Waals surface area contributed by atoms with Gasteiger partial charge in [-0.3, -0.25) is 9.48 Å². The van der Waals surface area contributed by atoms with Crippen LogP contribution >= 0.6 is 0 Å². The number of nitrogens with one attached hydrogen (secondary N) is 1. The van der Waals surface area contributed by atoms with E-state index in [1.54, 1.807) is 10.9 Å². The second-order valence-corrected chi connectivity index (χ2v) is 4.93. The minimum absolute atomic E-state index is 0.105. The van der Waals surface area contributed by atoms with Gasteiger partial charge in [0.2, 0.25) is 5.91 Å².